The van der Waals surface area contributed by atoms with E-state index in [1.807, 2.05) is 6.07 Å². The molecule has 0 unspecified atom stereocenters. The van der Waals surface area contributed by atoms with Gasteiger partial charge in [-0.15, -0.1) is 0 Å². The minimum absolute atomic E-state index is 0.0816. The monoisotopic (exact) mass is 319 g/mol. The average molecular weight is 319 g/mol. The van der Waals surface area contributed by atoms with Gasteiger partial charge in [0.25, 0.3) is 0 Å². The predicted octanol–water partition coefficient (Wildman–Crippen LogP) is 2.07. The van der Waals surface area contributed by atoms with Gasteiger partial charge in [-0.2, -0.15) is 0 Å². The largest absolute Gasteiger partial charge is 0.481 e. The van der Waals surface area contributed by atoms with E-state index in [0.29, 0.717) is 25.4 Å². The highest BCUT2D eigenvalue weighted by atomic mass is 16.4. The van der Waals surface area contributed by atoms with Gasteiger partial charge in [0.15, 0.2) is 0 Å². The van der Waals surface area contributed by atoms with E-state index in [4.69, 9.17) is 5.11 Å². The highest BCUT2D eigenvalue weighted by Gasteiger charge is 2.19. The summed E-state index contributed by atoms with van der Waals surface area (Å²) in [5, 5.41) is 14.1. The van der Waals surface area contributed by atoms with Crippen LogP contribution in [0.25, 0.3) is 0 Å². The molecule has 1 aromatic carbocycles. The molecule has 2 rings (SSSR count). The molecule has 0 atom stereocenters. The number of anilines is 1. The van der Waals surface area contributed by atoms with Gasteiger partial charge in [0.05, 0.1) is 0 Å². The third-order valence-electron chi connectivity index (χ3n) is 4.14. The molecule has 1 aliphatic heterocycles. The summed E-state index contributed by atoms with van der Waals surface area (Å²) >= 11 is 0. The number of urea groups is 1. The summed E-state index contributed by atoms with van der Waals surface area (Å²) in [6.07, 6.45) is 2.67. The van der Waals surface area contributed by atoms with Gasteiger partial charge in [0.1, 0.15) is 0 Å². The van der Waals surface area contributed by atoms with E-state index in [9.17, 15) is 9.59 Å². The molecule has 1 heterocycles. The van der Waals surface area contributed by atoms with Gasteiger partial charge in [0.2, 0.25) is 0 Å². The van der Waals surface area contributed by atoms with Gasteiger partial charge >= 0.3 is 12.0 Å². The number of carbonyl (C=O) groups excluding carboxylic acids is 1. The van der Waals surface area contributed by atoms with Crippen molar-refractivity contribution in [2.24, 2.45) is 5.92 Å². The zero-order valence-corrected chi connectivity index (χ0v) is 13.3. The molecule has 23 heavy (non-hydrogen) atoms. The number of aliphatic carboxylic acids is 1. The Bertz CT molecular complexity index is 499. The molecule has 1 aromatic rings. The van der Waals surface area contributed by atoms with Crippen molar-refractivity contribution in [3.63, 3.8) is 0 Å². The van der Waals surface area contributed by atoms with Crippen molar-refractivity contribution in [1.29, 1.82) is 0 Å². The van der Waals surface area contributed by atoms with Crippen molar-refractivity contribution < 1.29 is 14.7 Å². The van der Waals surface area contributed by atoms with Crippen LogP contribution in [-0.4, -0.2) is 43.3 Å². The normalized spacial score (nSPS) is 15.2. The maximum absolute atomic E-state index is 11.6. The van der Waals surface area contributed by atoms with Gasteiger partial charge in [-0.25, -0.2) is 4.79 Å². The molecule has 6 nitrogen and oxygen atoms in total. The van der Waals surface area contributed by atoms with Crippen LogP contribution in [0.4, 0.5) is 10.5 Å². The minimum Gasteiger partial charge on any atom is -0.481 e. The molecule has 126 valence electrons. The number of para-hydroxylation sites is 1. The van der Waals surface area contributed by atoms with Crippen LogP contribution in [-0.2, 0) is 4.79 Å². The first-order chi connectivity index (χ1) is 11.1. The van der Waals surface area contributed by atoms with E-state index in [-0.39, 0.29) is 12.5 Å². The van der Waals surface area contributed by atoms with E-state index < -0.39 is 5.97 Å². The Kier molecular flexibility index (Phi) is 6.72. The van der Waals surface area contributed by atoms with E-state index in [2.05, 4.69) is 39.8 Å². The Morgan fingerprint density at radius 3 is 2.48 bits per heavy atom. The molecule has 0 saturated carbocycles. The van der Waals surface area contributed by atoms with E-state index >= 15 is 0 Å². The Labute approximate surface area is 136 Å². The molecular weight excluding hydrogens is 294 g/mol. The number of nitrogens with one attached hydrogen (secondary N) is 2. The minimum atomic E-state index is -0.836. The van der Waals surface area contributed by atoms with Gasteiger partial charge in [-0.3, -0.25) is 4.79 Å². The number of amides is 2. The van der Waals surface area contributed by atoms with E-state index in [0.717, 1.165) is 25.9 Å². The molecule has 0 spiro atoms. The molecule has 3 N–H and O–H groups in total. The fraction of sp³-hybridized carbons (Fsp3) is 0.529. The van der Waals surface area contributed by atoms with Crippen molar-refractivity contribution in [2.75, 3.05) is 31.1 Å². The summed E-state index contributed by atoms with van der Waals surface area (Å²) in [5.74, 6) is -0.336. The second kappa shape index (κ2) is 9.02. The zero-order chi connectivity index (χ0) is 16.5. The lowest BCUT2D eigenvalue weighted by atomic mass is 9.96. The Balaban J connectivity index is 1.59. The first kappa shape index (κ1) is 17.1. The summed E-state index contributed by atoms with van der Waals surface area (Å²) in [4.78, 5) is 24.4. The Morgan fingerprint density at radius 2 is 1.83 bits per heavy atom. The third kappa shape index (κ3) is 6.18. The summed E-state index contributed by atoms with van der Waals surface area (Å²) in [6.45, 7) is 3.09. The van der Waals surface area contributed by atoms with Crippen LogP contribution in [0.1, 0.15) is 25.7 Å². The number of rotatable bonds is 7. The number of piperidine rings is 1. The highest BCUT2D eigenvalue weighted by Crippen LogP contribution is 2.22. The molecule has 1 saturated heterocycles. The average Bonchev–Trinajstić information content (AvgIpc) is 2.58. The van der Waals surface area contributed by atoms with E-state index in [1.54, 1.807) is 0 Å². The van der Waals surface area contributed by atoms with Crippen LogP contribution in [0, 0.1) is 5.92 Å². The van der Waals surface area contributed by atoms with Gasteiger partial charge in [-0.05, 0) is 37.3 Å². The smallest absolute Gasteiger partial charge is 0.314 e. The van der Waals surface area contributed by atoms with Crippen molar-refractivity contribution in [3.8, 4) is 0 Å². The third-order valence-corrected chi connectivity index (χ3v) is 4.14. The fourth-order valence-corrected chi connectivity index (χ4v) is 2.78. The maximum atomic E-state index is 11.6. The predicted molar refractivity (Wildman–Crippen MR) is 89.7 cm³/mol. The molecule has 0 aliphatic carbocycles. The maximum Gasteiger partial charge on any atom is 0.314 e. The van der Waals surface area contributed by atoms with E-state index in [1.165, 1.54) is 5.69 Å². The quantitative estimate of drug-likeness (QED) is 0.672. The van der Waals surface area contributed by atoms with Crippen molar-refractivity contribution in [2.45, 2.75) is 25.7 Å². The summed E-state index contributed by atoms with van der Waals surface area (Å²) in [5.41, 5.74) is 1.26. The van der Waals surface area contributed by atoms with Crippen LogP contribution >= 0.6 is 0 Å². The zero-order valence-electron chi connectivity index (χ0n) is 13.3. The van der Waals surface area contributed by atoms with Crippen molar-refractivity contribution >= 4 is 17.7 Å². The molecule has 1 fully saturated rings. The lowest BCUT2D eigenvalue weighted by Crippen LogP contribution is -2.42. The van der Waals surface area contributed by atoms with Gasteiger partial charge < -0.3 is 20.6 Å². The summed E-state index contributed by atoms with van der Waals surface area (Å²) in [6, 6.07) is 10.2. The first-order valence-electron chi connectivity index (χ1n) is 8.18. The van der Waals surface area contributed by atoms with Crippen LogP contribution in [0.3, 0.4) is 0 Å². The molecule has 6 heteroatoms. The standard InChI is InChI=1S/C17H25N3O3/c21-16(22)7-4-10-18-17(23)19-13-14-8-11-20(12-9-14)15-5-2-1-3-6-15/h1-3,5-6,14H,4,7-13H2,(H,21,22)(H2,18,19,23). The lowest BCUT2D eigenvalue weighted by Gasteiger charge is -2.33. The molecule has 0 radical (unpaired) electrons. The number of carboxylic acid groups (broad SMARTS) is 1. The number of hydrogen-bond acceptors (Lipinski definition) is 3. The lowest BCUT2D eigenvalue weighted by molar-refractivity contribution is -0.137. The Morgan fingerprint density at radius 1 is 1.13 bits per heavy atom. The number of nitrogens with zero attached hydrogens (tertiary/aromatic N) is 1. The van der Waals surface area contributed by atoms with Gasteiger partial charge in [-0.1, -0.05) is 18.2 Å². The molecule has 1 aliphatic rings. The second-order valence-electron chi connectivity index (χ2n) is 5.90. The highest BCUT2D eigenvalue weighted by molar-refractivity contribution is 5.73. The van der Waals surface area contributed by atoms with Crippen molar-refractivity contribution in [3.05, 3.63) is 30.3 Å². The molecule has 2 amide bonds. The number of hydrogen-bond donors (Lipinski definition) is 3. The molecule has 0 bridgehead atoms. The van der Waals surface area contributed by atoms with Crippen LogP contribution < -0.4 is 15.5 Å². The molecular formula is C17H25N3O3. The number of benzene rings is 1. The van der Waals surface area contributed by atoms with Crippen LogP contribution in [0.5, 0.6) is 0 Å². The topological polar surface area (TPSA) is 81.7 Å². The van der Waals surface area contributed by atoms with Gasteiger partial charge in [0, 0.05) is 38.3 Å². The first-order valence-corrected chi connectivity index (χ1v) is 8.18. The fourth-order valence-electron chi connectivity index (χ4n) is 2.78. The number of carbonyl (C=O) groups is 2. The SMILES string of the molecule is O=C(O)CCCNC(=O)NCC1CCN(c2ccccc2)CC1. The number of carboxylic acids is 1. The van der Waals surface area contributed by atoms with Crippen molar-refractivity contribution in [1.82, 2.24) is 10.6 Å². The van der Waals surface area contributed by atoms with Crippen LogP contribution in [0.2, 0.25) is 0 Å². The summed E-state index contributed by atoms with van der Waals surface area (Å²) < 4.78 is 0. The second-order valence-corrected chi connectivity index (χ2v) is 5.90. The Hall–Kier alpha value is -2.24. The van der Waals surface area contributed by atoms with Crippen LogP contribution in [0.15, 0.2) is 30.3 Å². The molecule has 0 aromatic heterocycles. The summed E-state index contributed by atoms with van der Waals surface area (Å²) in [7, 11) is 0.